The van der Waals surface area contributed by atoms with Crippen LogP contribution >= 0.6 is 0 Å². The Morgan fingerprint density at radius 1 is 1.42 bits per heavy atom. The van der Waals surface area contributed by atoms with E-state index in [2.05, 4.69) is 5.32 Å². The van der Waals surface area contributed by atoms with E-state index >= 15 is 0 Å². The van der Waals surface area contributed by atoms with E-state index in [1.165, 1.54) is 6.07 Å². The lowest BCUT2D eigenvalue weighted by Crippen LogP contribution is -2.50. The van der Waals surface area contributed by atoms with Crippen molar-refractivity contribution in [3.8, 4) is 5.75 Å². The van der Waals surface area contributed by atoms with Crippen LogP contribution in [0, 0.1) is 11.2 Å². The summed E-state index contributed by atoms with van der Waals surface area (Å²) in [6, 6.07) is 5.96. The number of halogens is 1. The molecule has 0 aromatic heterocycles. The summed E-state index contributed by atoms with van der Waals surface area (Å²) in [5.74, 6) is -0.397. The fraction of sp³-hybridized carbons (Fsp3) is 0.611. The molecule has 0 bridgehead atoms. The van der Waals surface area contributed by atoms with Crippen LogP contribution in [0.4, 0.5) is 4.39 Å². The van der Waals surface area contributed by atoms with Crippen LogP contribution in [0.1, 0.15) is 33.6 Å². The van der Waals surface area contributed by atoms with E-state index in [-0.39, 0.29) is 35.8 Å². The molecule has 2 rings (SSSR count). The van der Waals surface area contributed by atoms with Gasteiger partial charge in [-0.3, -0.25) is 4.79 Å². The molecule has 1 fully saturated rings. The number of nitrogens with two attached hydrogens (primary N) is 1. The minimum atomic E-state index is -0.475. The van der Waals surface area contributed by atoms with Crippen LogP contribution in [0.25, 0.3) is 0 Å². The Morgan fingerprint density at radius 2 is 2.12 bits per heavy atom. The number of hydrogen-bond donors (Lipinski definition) is 2. The molecule has 0 radical (unpaired) electrons. The quantitative estimate of drug-likeness (QED) is 0.834. The van der Waals surface area contributed by atoms with Gasteiger partial charge in [-0.05, 0) is 30.4 Å². The first kappa shape index (κ1) is 18.7. The molecule has 24 heavy (non-hydrogen) atoms. The molecule has 3 N–H and O–H groups in total. The van der Waals surface area contributed by atoms with Crippen molar-refractivity contribution in [1.29, 1.82) is 0 Å². The summed E-state index contributed by atoms with van der Waals surface area (Å²) >= 11 is 0. The van der Waals surface area contributed by atoms with Gasteiger partial charge in [-0.15, -0.1) is 0 Å². The van der Waals surface area contributed by atoms with Gasteiger partial charge in [0.25, 0.3) is 0 Å². The first-order valence-corrected chi connectivity index (χ1v) is 8.34. The van der Waals surface area contributed by atoms with Crippen LogP contribution in [0.15, 0.2) is 24.3 Å². The van der Waals surface area contributed by atoms with E-state index in [1.807, 2.05) is 20.8 Å². The maximum Gasteiger partial charge on any atom is 0.249 e. The van der Waals surface area contributed by atoms with E-state index in [9.17, 15) is 9.18 Å². The van der Waals surface area contributed by atoms with Gasteiger partial charge in [0.15, 0.2) is 11.6 Å². The third-order valence-corrected chi connectivity index (χ3v) is 4.27. The standard InChI is InChI=1S/C18H27FN2O3/c1-18(2,3)16(11-23-14-7-5-4-6-13(14)19)21-17(22)15-9-8-12(10-20)24-15/h4-7,12,15-16H,8-11,20H2,1-3H3,(H,21,22)/t12-,15+,16?/m1/s1. The lowest BCUT2D eigenvalue weighted by molar-refractivity contribution is -0.133. The maximum atomic E-state index is 13.7. The minimum absolute atomic E-state index is 0.0523. The summed E-state index contributed by atoms with van der Waals surface area (Å²) in [5, 5.41) is 2.98. The van der Waals surface area contributed by atoms with Crippen LogP contribution < -0.4 is 15.8 Å². The smallest absolute Gasteiger partial charge is 0.249 e. The maximum absolute atomic E-state index is 13.7. The minimum Gasteiger partial charge on any atom is -0.488 e. The van der Waals surface area contributed by atoms with Gasteiger partial charge >= 0.3 is 0 Å². The van der Waals surface area contributed by atoms with Gasteiger partial charge in [0, 0.05) is 6.54 Å². The molecular formula is C18H27FN2O3. The fourth-order valence-electron chi connectivity index (χ4n) is 2.58. The highest BCUT2D eigenvalue weighted by Crippen LogP contribution is 2.24. The second-order valence-corrected chi connectivity index (χ2v) is 7.23. The van der Waals surface area contributed by atoms with Gasteiger partial charge in [0.2, 0.25) is 5.91 Å². The molecule has 5 nitrogen and oxygen atoms in total. The molecule has 0 saturated carbocycles. The molecule has 1 heterocycles. The van der Waals surface area contributed by atoms with Crippen molar-refractivity contribution >= 4 is 5.91 Å². The summed E-state index contributed by atoms with van der Waals surface area (Å²) in [6.07, 6.45) is 0.930. The number of nitrogens with one attached hydrogen (secondary N) is 1. The summed E-state index contributed by atoms with van der Waals surface area (Å²) in [7, 11) is 0. The van der Waals surface area contributed by atoms with Gasteiger partial charge in [0.05, 0.1) is 12.1 Å². The molecule has 1 aliphatic heterocycles. The van der Waals surface area contributed by atoms with E-state index in [0.29, 0.717) is 13.0 Å². The van der Waals surface area contributed by atoms with Crippen molar-refractivity contribution < 1.29 is 18.7 Å². The van der Waals surface area contributed by atoms with Gasteiger partial charge in [-0.2, -0.15) is 0 Å². The molecule has 1 aromatic carbocycles. The van der Waals surface area contributed by atoms with Crippen LogP contribution in [0.2, 0.25) is 0 Å². The zero-order chi connectivity index (χ0) is 17.7. The average Bonchev–Trinajstić information content (AvgIpc) is 3.00. The van der Waals surface area contributed by atoms with Gasteiger partial charge < -0.3 is 20.5 Å². The summed E-state index contributed by atoms with van der Waals surface area (Å²) < 4.78 is 24.9. The van der Waals surface area contributed by atoms with Crippen LogP contribution in [-0.4, -0.2) is 37.3 Å². The van der Waals surface area contributed by atoms with Gasteiger partial charge in [-0.1, -0.05) is 32.9 Å². The van der Waals surface area contributed by atoms with Crippen LogP contribution in [0.5, 0.6) is 5.75 Å². The van der Waals surface area contributed by atoms with Crippen LogP contribution in [0.3, 0.4) is 0 Å². The second-order valence-electron chi connectivity index (χ2n) is 7.23. The number of rotatable bonds is 6. The lowest BCUT2D eigenvalue weighted by atomic mass is 9.87. The Hall–Kier alpha value is -1.66. The number of carbonyl (C=O) groups is 1. The van der Waals surface area contributed by atoms with Crippen molar-refractivity contribution in [3.05, 3.63) is 30.1 Å². The Labute approximate surface area is 142 Å². The SMILES string of the molecule is CC(C)(C)C(COc1ccccc1F)NC(=O)[C@@H]1CC[C@H](CN)O1. The largest absolute Gasteiger partial charge is 0.488 e. The zero-order valence-electron chi connectivity index (χ0n) is 14.5. The molecule has 134 valence electrons. The number of para-hydroxylation sites is 1. The molecule has 1 aliphatic rings. The predicted molar refractivity (Wildman–Crippen MR) is 90.2 cm³/mol. The molecule has 1 saturated heterocycles. The molecule has 0 aliphatic carbocycles. The number of ether oxygens (including phenoxy) is 2. The molecular weight excluding hydrogens is 311 g/mol. The number of amides is 1. The summed E-state index contributed by atoms with van der Waals surface area (Å²) in [5.41, 5.74) is 5.34. The van der Waals surface area contributed by atoms with E-state index in [1.54, 1.807) is 18.2 Å². The van der Waals surface area contributed by atoms with Crippen molar-refractivity contribution in [2.75, 3.05) is 13.2 Å². The summed E-state index contributed by atoms with van der Waals surface area (Å²) in [6.45, 7) is 6.61. The number of hydrogen-bond acceptors (Lipinski definition) is 4. The van der Waals surface area contributed by atoms with Gasteiger partial charge in [0.1, 0.15) is 12.7 Å². The molecule has 6 heteroatoms. The van der Waals surface area contributed by atoms with Crippen molar-refractivity contribution in [3.63, 3.8) is 0 Å². The van der Waals surface area contributed by atoms with Crippen molar-refractivity contribution in [1.82, 2.24) is 5.32 Å². The monoisotopic (exact) mass is 338 g/mol. The Kier molecular flexibility index (Phi) is 6.18. The highest BCUT2D eigenvalue weighted by molar-refractivity contribution is 5.81. The molecule has 0 spiro atoms. The summed E-state index contributed by atoms with van der Waals surface area (Å²) in [4.78, 5) is 12.4. The number of benzene rings is 1. The van der Waals surface area contributed by atoms with E-state index in [4.69, 9.17) is 15.2 Å². The second kappa shape index (κ2) is 7.94. The normalized spacial score (nSPS) is 22.2. The van der Waals surface area contributed by atoms with Crippen molar-refractivity contribution in [2.24, 2.45) is 11.1 Å². The molecule has 1 unspecified atom stereocenters. The van der Waals surface area contributed by atoms with E-state index < -0.39 is 11.9 Å². The number of carbonyl (C=O) groups excluding carboxylic acids is 1. The molecule has 1 amide bonds. The first-order chi connectivity index (χ1) is 11.3. The van der Waals surface area contributed by atoms with Crippen LogP contribution in [-0.2, 0) is 9.53 Å². The third kappa shape index (κ3) is 4.92. The highest BCUT2D eigenvalue weighted by Gasteiger charge is 2.34. The topological polar surface area (TPSA) is 73.6 Å². The Morgan fingerprint density at radius 3 is 2.71 bits per heavy atom. The third-order valence-electron chi connectivity index (χ3n) is 4.27. The average molecular weight is 338 g/mol. The predicted octanol–water partition coefficient (Wildman–Crippen LogP) is 2.24. The lowest BCUT2D eigenvalue weighted by Gasteiger charge is -2.32. The zero-order valence-corrected chi connectivity index (χ0v) is 14.5. The van der Waals surface area contributed by atoms with E-state index in [0.717, 1.165) is 6.42 Å². The Balaban J connectivity index is 1.96. The van der Waals surface area contributed by atoms with Gasteiger partial charge in [-0.25, -0.2) is 4.39 Å². The van der Waals surface area contributed by atoms with Crippen molar-refractivity contribution in [2.45, 2.75) is 51.9 Å². The first-order valence-electron chi connectivity index (χ1n) is 8.34. The highest BCUT2D eigenvalue weighted by atomic mass is 19.1. The Bertz CT molecular complexity index is 559. The molecule has 3 atom stereocenters. The fourth-order valence-corrected chi connectivity index (χ4v) is 2.58. The molecule has 1 aromatic rings.